The number of hydrogen-bond donors (Lipinski definition) is 0. The first-order chi connectivity index (χ1) is 10.2. The second-order valence-corrected chi connectivity index (χ2v) is 7.40. The Kier molecular flexibility index (Phi) is 3.32. The van der Waals surface area contributed by atoms with Crippen molar-refractivity contribution in [1.29, 1.82) is 0 Å². The van der Waals surface area contributed by atoms with Gasteiger partial charge in [-0.05, 0) is 26.0 Å². The van der Waals surface area contributed by atoms with Crippen LogP contribution in [0.4, 0.5) is 0 Å². The van der Waals surface area contributed by atoms with Crippen LogP contribution in [-0.2, 0) is 11.3 Å². The van der Waals surface area contributed by atoms with E-state index in [1.54, 1.807) is 0 Å². The molecular formula is C15H19N3O2S. The molecule has 21 heavy (non-hydrogen) atoms. The SMILES string of the molecule is Cc1noc([C@H]2CO[C@@H]3CN(Cc4ccc(C)s4)C[C@H]23)n1. The number of ether oxygens (including phenoxy) is 1. The third-order valence-electron chi connectivity index (χ3n) is 4.43. The lowest BCUT2D eigenvalue weighted by atomic mass is 9.93. The van der Waals surface area contributed by atoms with Crippen LogP contribution in [0.5, 0.6) is 0 Å². The third-order valence-corrected chi connectivity index (χ3v) is 5.41. The molecule has 2 saturated heterocycles. The highest BCUT2D eigenvalue weighted by Crippen LogP contribution is 2.39. The summed E-state index contributed by atoms with van der Waals surface area (Å²) in [5.41, 5.74) is 0. The summed E-state index contributed by atoms with van der Waals surface area (Å²) in [7, 11) is 0. The predicted molar refractivity (Wildman–Crippen MR) is 79.3 cm³/mol. The minimum absolute atomic E-state index is 0.256. The average Bonchev–Trinajstić information content (AvgIpc) is 3.16. The number of nitrogens with zero attached hydrogens (tertiary/aromatic N) is 3. The molecule has 0 bridgehead atoms. The summed E-state index contributed by atoms with van der Waals surface area (Å²) in [4.78, 5) is 9.68. The monoisotopic (exact) mass is 305 g/mol. The average molecular weight is 305 g/mol. The van der Waals surface area contributed by atoms with Crippen molar-refractivity contribution in [3.63, 3.8) is 0 Å². The quantitative estimate of drug-likeness (QED) is 0.871. The largest absolute Gasteiger partial charge is 0.376 e. The molecule has 2 aliphatic rings. The van der Waals surface area contributed by atoms with E-state index in [1.807, 2.05) is 18.3 Å². The van der Waals surface area contributed by atoms with E-state index >= 15 is 0 Å². The summed E-state index contributed by atoms with van der Waals surface area (Å²) in [6.45, 7) is 7.80. The summed E-state index contributed by atoms with van der Waals surface area (Å²) in [6.07, 6.45) is 0.309. The Morgan fingerprint density at radius 3 is 2.95 bits per heavy atom. The van der Waals surface area contributed by atoms with E-state index in [4.69, 9.17) is 9.26 Å². The molecule has 3 atom stereocenters. The molecule has 4 heterocycles. The lowest BCUT2D eigenvalue weighted by molar-refractivity contribution is 0.0959. The van der Waals surface area contributed by atoms with Crippen molar-refractivity contribution in [2.75, 3.05) is 19.7 Å². The van der Waals surface area contributed by atoms with Crippen molar-refractivity contribution >= 4 is 11.3 Å². The van der Waals surface area contributed by atoms with Gasteiger partial charge in [-0.2, -0.15) is 4.98 Å². The van der Waals surface area contributed by atoms with E-state index in [-0.39, 0.29) is 5.92 Å². The number of fused-ring (bicyclic) bond motifs is 1. The van der Waals surface area contributed by atoms with Crippen molar-refractivity contribution in [2.24, 2.45) is 5.92 Å². The maximum absolute atomic E-state index is 5.96. The highest BCUT2D eigenvalue weighted by molar-refractivity contribution is 7.11. The Hall–Kier alpha value is -1.24. The standard InChI is InChI=1S/C15H19N3O2S/c1-9-3-4-11(21-9)5-18-6-12-13(8-19-14(12)7-18)15-16-10(2)17-20-15/h3-4,12-14H,5-8H2,1-2H3/t12-,13+,14-/m1/s1. The van der Waals surface area contributed by atoms with Crippen LogP contribution in [0.2, 0.25) is 0 Å². The molecule has 2 aromatic rings. The fourth-order valence-corrected chi connectivity index (χ4v) is 4.36. The molecule has 0 amide bonds. The van der Waals surface area contributed by atoms with Gasteiger partial charge in [0.1, 0.15) is 0 Å². The summed E-state index contributed by atoms with van der Waals surface area (Å²) >= 11 is 1.88. The molecule has 5 nitrogen and oxygen atoms in total. The Morgan fingerprint density at radius 1 is 1.33 bits per heavy atom. The van der Waals surface area contributed by atoms with Crippen molar-refractivity contribution in [3.8, 4) is 0 Å². The number of hydrogen-bond acceptors (Lipinski definition) is 6. The van der Waals surface area contributed by atoms with Gasteiger partial charge in [-0.3, -0.25) is 4.90 Å². The number of aromatic nitrogens is 2. The van der Waals surface area contributed by atoms with Gasteiger partial charge in [0.15, 0.2) is 5.82 Å². The van der Waals surface area contributed by atoms with Gasteiger partial charge in [-0.1, -0.05) is 5.16 Å². The van der Waals surface area contributed by atoms with E-state index in [1.165, 1.54) is 9.75 Å². The molecule has 0 saturated carbocycles. The van der Waals surface area contributed by atoms with Crippen molar-refractivity contribution in [1.82, 2.24) is 15.0 Å². The molecule has 4 rings (SSSR count). The first-order valence-corrected chi connectivity index (χ1v) is 8.20. The Morgan fingerprint density at radius 2 is 2.24 bits per heavy atom. The lowest BCUT2D eigenvalue weighted by Crippen LogP contribution is -2.23. The molecule has 2 aromatic heterocycles. The molecule has 0 N–H and O–H groups in total. The molecule has 0 spiro atoms. The van der Waals surface area contributed by atoms with Crippen LogP contribution >= 0.6 is 11.3 Å². The van der Waals surface area contributed by atoms with Gasteiger partial charge >= 0.3 is 0 Å². The van der Waals surface area contributed by atoms with Crippen LogP contribution in [0.1, 0.15) is 27.4 Å². The van der Waals surface area contributed by atoms with Crippen molar-refractivity contribution < 1.29 is 9.26 Å². The highest BCUT2D eigenvalue weighted by Gasteiger charge is 2.46. The fourth-order valence-electron chi connectivity index (χ4n) is 3.43. The molecule has 0 aromatic carbocycles. The molecule has 0 radical (unpaired) electrons. The molecular weight excluding hydrogens is 286 g/mol. The molecule has 2 aliphatic heterocycles. The van der Waals surface area contributed by atoms with Crippen LogP contribution in [0, 0.1) is 19.8 Å². The van der Waals surface area contributed by atoms with Crippen molar-refractivity contribution in [2.45, 2.75) is 32.4 Å². The normalized spacial score (nSPS) is 29.1. The zero-order chi connectivity index (χ0) is 14.4. The predicted octanol–water partition coefficient (Wildman–Crippen LogP) is 2.36. The summed E-state index contributed by atoms with van der Waals surface area (Å²) in [5.74, 6) is 2.18. The van der Waals surface area contributed by atoms with Crippen LogP contribution in [0.15, 0.2) is 16.7 Å². The number of likely N-dealkylation sites (tertiary alicyclic amines) is 1. The topological polar surface area (TPSA) is 51.4 Å². The summed E-state index contributed by atoms with van der Waals surface area (Å²) < 4.78 is 11.3. The first kappa shape index (κ1) is 13.4. The Labute approximate surface area is 127 Å². The van der Waals surface area contributed by atoms with Crippen LogP contribution in [0.3, 0.4) is 0 Å². The second-order valence-electron chi connectivity index (χ2n) is 6.03. The number of thiophene rings is 1. The smallest absolute Gasteiger partial charge is 0.232 e. The fraction of sp³-hybridized carbons (Fsp3) is 0.600. The highest BCUT2D eigenvalue weighted by atomic mass is 32.1. The van der Waals surface area contributed by atoms with E-state index in [0.717, 1.165) is 25.5 Å². The summed E-state index contributed by atoms with van der Waals surface area (Å²) in [6, 6.07) is 4.42. The molecule has 2 fully saturated rings. The minimum Gasteiger partial charge on any atom is -0.376 e. The Balaban J connectivity index is 1.45. The third kappa shape index (κ3) is 2.52. The zero-order valence-corrected chi connectivity index (χ0v) is 13.1. The molecule has 112 valence electrons. The molecule has 0 unspecified atom stereocenters. The zero-order valence-electron chi connectivity index (χ0n) is 12.3. The van der Waals surface area contributed by atoms with Gasteiger partial charge in [0.25, 0.3) is 0 Å². The van der Waals surface area contributed by atoms with Crippen molar-refractivity contribution in [3.05, 3.63) is 33.6 Å². The van der Waals surface area contributed by atoms with Crippen LogP contribution in [0.25, 0.3) is 0 Å². The molecule has 6 heteroatoms. The number of aryl methyl sites for hydroxylation is 2. The minimum atomic E-state index is 0.256. The van der Waals surface area contributed by atoms with E-state index < -0.39 is 0 Å². The summed E-state index contributed by atoms with van der Waals surface area (Å²) in [5, 5.41) is 3.91. The van der Waals surface area contributed by atoms with E-state index in [2.05, 4.69) is 34.1 Å². The lowest BCUT2D eigenvalue weighted by Gasteiger charge is -2.17. The van der Waals surface area contributed by atoms with E-state index in [9.17, 15) is 0 Å². The van der Waals surface area contributed by atoms with Gasteiger partial charge < -0.3 is 9.26 Å². The maximum Gasteiger partial charge on any atom is 0.232 e. The van der Waals surface area contributed by atoms with Gasteiger partial charge in [0.05, 0.1) is 18.6 Å². The first-order valence-electron chi connectivity index (χ1n) is 7.38. The van der Waals surface area contributed by atoms with Gasteiger partial charge in [0, 0.05) is 35.3 Å². The second kappa shape index (κ2) is 5.19. The molecule has 0 aliphatic carbocycles. The van der Waals surface area contributed by atoms with Gasteiger partial charge in [-0.25, -0.2) is 0 Å². The maximum atomic E-state index is 5.96. The van der Waals surface area contributed by atoms with Crippen LogP contribution < -0.4 is 0 Å². The van der Waals surface area contributed by atoms with Crippen LogP contribution in [-0.4, -0.2) is 40.8 Å². The van der Waals surface area contributed by atoms with E-state index in [0.29, 0.717) is 24.5 Å². The number of rotatable bonds is 3. The van der Waals surface area contributed by atoms with Gasteiger partial charge in [0.2, 0.25) is 5.89 Å². The Bertz CT molecular complexity index is 638. The van der Waals surface area contributed by atoms with Gasteiger partial charge in [-0.15, -0.1) is 11.3 Å².